The van der Waals surface area contributed by atoms with E-state index in [1.807, 2.05) is 0 Å². The molecule has 0 saturated carbocycles. The standard InChI is InChI=1S/C23H24F6N4O6.C21H22F6N4O3.C19H18F6N4O3.C18H16F6N4O3/c1-3-37-22(36)39-11(2)38-20(35)19-17-10-32(4-5-33(17)21(31-19)23(27,28)29)18(34)8-13(30)6-12-7-15(25)16(26)9-14(12)24;1-10(2)34-19(33)18-16-9-30(3-4-31(16)20(29-18)21(25,26)27)17(32)7-12(28)5-11-6-14(23)15(24)8-13(11)22;1-32-17(31)16-14-8-28(2-3-29(14)18(27-16)19(23,24)25)15(30)6-10(26)4-9-5-12(21)13(22)7-11(9)20;19-10-6-12(21)11(20)4-8(10)3-9(25)5-14(29)27-1-2-28-13(7-27)15(16(30)31)26-17(28)18(22,23)24/h7,9,11,13H,3-6,8,10,30H2,1-2H3;6,8,10,12H,3-5,7,9,28H2,1-2H3;5,7,10H,2-4,6,8,26H2,1H3;4,6,9H,1-3,5,7,25H2,(H,30,31)/t11?,13-;12-;10-;9-/m1111/s1. The van der Waals surface area contributed by atoms with Crippen molar-refractivity contribution in [3.05, 3.63) is 209 Å². The lowest BCUT2D eigenvalue weighted by Crippen LogP contribution is -2.42. The molecule has 0 fully saturated rings. The summed E-state index contributed by atoms with van der Waals surface area (Å²) in [5, 5.41) is 9.16. The fourth-order valence-corrected chi connectivity index (χ4v) is 14.4. The van der Waals surface area contributed by atoms with Crippen molar-refractivity contribution in [3.63, 3.8) is 0 Å². The highest BCUT2D eigenvalue weighted by atomic mass is 19.4. The van der Waals surface area contributed by atoms with E-state index in [-0.39, 0.29) is 162 Å². The highest BCUT2D eigenvalue weighted by molar-refractivity contribution is 5.91. The Balaban J connectivity index is 0.000000204. The number of carboxylic acids is 1. The van der Waals surface area contributed by atoms with E-state index in [1.54, 1.807) is 0 Å². The maximum Gasteiger partial charge on any atom is 0.511 e. The van der Waals surface area contributed by atoms with Gasteiger partial charge in [0.05, 0.1) is 68.8 Å². The molecule has 1 unspecified atom stereocenters. The van der Waals surface area contributed by atoms with E-state index in [4.69, 9.17) is 37.5 Å². The number of ether oxygens (including phenoxy) is 5. The molecule has 4 amide bonds. The van der Waals surface area contributed by atoms with Crippen molar-refractivity contribution in [1.29, 1.82) is 0 Å². The quantitative estimate of drug-likeness (QED) is 0.0123. The van der Waals surface area contributed by atoms with Gasteiger partial charge in [-0.1, -0.05) is 0 Å². The van der Waals surface area contributed by atoms with Gasteiger partial charge in [-0.15, -0.1) is 0 Å². The number of benzene rings is 4. The van der Waals surface area contributed by atoms with Crippen LogP contribution in [0.1, 0.15) is 164 Å². The smallest absolute Gasteiger partial charge is 0.476 e. The van der Waals surface area contributed by atoms with Crippen molar-refractivity contribution in [2.75, 3.05) is 39.9 Å². The van der Waals surface area contributed by atoms with Gasteiger partial charge >= 0.3 is 54.7 Å². The SMILES string of the molecule is CC(C)OC(=O)c1nc(C(F)(F)F)n2c1CN(C(=O)C[C@H](N)Cc1cc(F)c(F)cc1F)CC2.CCOC(=O)OC(C)OC(=O)c1nc(C(F)(F)F)n2c1CN(C(=O)C[C@H](N)Cc1cc(F)c(F)cc1F)CC2.COC(=O)c1nc(C(F)(F)F)n2c1CN(C(=O)C[C@H](N)Cc1cc(F)c(F)cc1F)CC2.N[C@@H](CC(=O)N1CCn2c(C(F)(F)F)nc(C(=O)O)c2C1)Cc1cc(F)c(F)cc1F. The van der Waals surface area contributed by atoms with E-state index in [0.717, 1.165) is 37.5 Å². The molecular formula is C81H80F24N16O15. The Morgan fingerprint density at radius 1 is 0.353 bits per heavy atom. The molecule has 136 heavy (non-hydrogen) atoms. The summed E-state index contributed by atoms with van der Waals surface area (Å²) in [6.45, 7) is 2.20. The summed E-state index contributed by atoms with van der Waals surface area (Å²) >= 11 is 0. The average molecular weight is 1970 g/mol. The van der Waals surface area contributed by atoms with Gasteiger partial charge in [0, 0.05) is 133 Å². The molecule has 0 radical (unpaired) electrons. The summed E-state index contributed by atoms with van der Waals surface area (Å²) in [5.41, 5.74) is 19.1. The number of amides is 4. The second-order valence-corrected chi connectivity index (χ2v) is 30.9. The summed E-state index contributed by atoms with van der Waals surface area (Å²) in [6, 6.07) is 0.0226. The molecule has 8 aromatic rings. The molecule has 5 atom stereocenters. The third kappa shape index (κ3) is 26.5. The normalized spacial score (nSPS) is 14.9. The van der Waals surface area contributed by atoms with E-state index in [1.165, 1.54) is 30.6 Å². The molecule has 0 aliphatic carbocycles. The van der Waals surface area contributed by atoms with Crippen molar-refractivity contribution in [2.45, 2.75) is 193 Å². The van der Waals surface area contributed by atoms with Crippen LogP contribution in [0.2, 0.25) is 0 Å². The van der Waals surface area contributed by atoms with Crippen molar-refractivity contribution < 1.29 is 177 Å². The molecule has 4 aliphatic heterocycles. The minimum absolute atomic E-state index is 0.0355. The predicted molar refractivity (Wildman–Crippen MR) is 413 cm³/mol. The number of nitrogens with two attached hydrogens (primary N) is 4. The second-order valence-electron chi connectivity index (χ2n) is 30.9. The molecule has 4 aromatic carbocycles. The summed E-state index contributed by atoms with van der Waals surface area (Å²) in [4.78, 5) is 128. The first-order chi connectivity index (χ1) is 63.3. The van der Waals surface area contributed by atoms with E-state index in [2.05, 4.69) is 34.1 Å². The maximum absolute atomic E-state index is 13.9. The van der Waals surface area contributed by atoms with Crippen LogP contribution in [0.5, 0.6) is 0 Å². The molecule has 0 spiro atoms. The molecule has 55 heteroatoms. The third-order valence-corrected chi connectivity index (χ3v) is 20.6. The molecule has 8 heterocycles. The molecule has 9 N–H and O–H groups in total. The molecule has 0 saturated heterocycles. The fraction of sp³-hybridized carbons (Fsp3) is 0.444. The molecule has 0 bridgehead atoms. The van der Waals surface area contributed by atoms with Gasteiger partial charge in [0.15, 0.2) is 69.3 Å². The van der Waals surface area contributed by atoms with Gasteiger partial charge in [0.25, 0.3) is 0 Å². The zero-order valence-electron chi connectivity index (χ0n) is 71.3. The van der Waals surface area contributed by atoms with Gasteiger partial charge in [-0.05, 0) is 93.0 Å². The number of aromatic nitrogens is 8. The Hall–Kier alpha value is -13.1. The topological polar surface area (TPSA) is 408 Å². The second kappa shape index (κ2) is 43.7. The van der Waals surface area contributed by atoms with Crippen molar-refractivity contribution in [3.8, 4) is 0 Å². The summed E-state index contributed by atoms with van der Waals surface area (Å²) in [7, 11) is 0.990. The summed E-state index contributed by atoms with van der Waals surface area (Å²) < 4.78 is 348. The van der Waals surface area contributed by atoms with Crippen LogP contribution in [0.15, 0.2) is 48.5 Å². The number of aromatic carboxylic acids is 1. The predicted octanol–water partition coefficient (Wildman–Crippen LogP) is 11.2. The molecular weight excluding hydrogens is 1890 g/mol. The monoisotopic (exact) mass is 1970 g/mol. The van der Waals surface area contributed by atoms with Crippen LogP contribution in [-0.2, 0) is 146 Å². The lowest BCUT2D eigenvalue weighted by molar-refractivity contribution is -0.149. The Labute approximate surface area is 751 Å². The van der Waals surface area contributed by atoms with Crippen LogP contribution in [0.3, 0.4) is 0 Å². The number of halogens is 24. The van der Waals surface area contributed by atoms with Crippen molar-refractivity contribution in [1.82, 2.24) is 57.8 Å². The zero-order chi connectivity index (χ0) is 101. The highest BCUT2D eigenvalue weighted by Gasteiger charge is 2.48. The zero-order valence-corrected chi connectivity index (χ0v) is 71.3. The first kappa shape index (κ1) is 107. The Bertz CT molecular complexity index is 5820. The average Bonchev–Trinajstić information content (AvgIpc) is 1.63. The minimum Gasteiger partial charge on any atom is -0.476 e. The summed E-state index contributed by atoms with van der Waals surface area (Å²) in [6.07, 6.45) is -25.4. The van der Waals surface area contributed by atoms with Crippen LogP contribution in [0, 0.1) is 69.8 Å². The summed E-state index contributed by atoms with van der Waals surface area (Å²) in [5.74, 6) is -27.5. The molecule has 4 aliphatic rings. The molecule has 12 rings (SSSR count). The number of carbonyl (C=O) groups excluding carboxylic acids is 8. The first-order valence-electron chi connectivity index (χ1n) is 40.2. The van der Waals surface area contributed by atoms with E-state index in [0.29, 0.717) is 53.1 Å². The number of fused-ring (bicyclic) bond motifs is 4. The van der Waals surface area contributed by atoms with E-state index in [9.17, 15) is 149 Å². The molecule has 4 aromatic heterocycles. The lowest BCUT2D eigenvalue weighted by Gasteiger charge is -2.30. The van der Waals surface area contributed by atoms with E-state index < -0.39 is 250 Å². The van der Waals surface area contributed by atoms with Crippen LogP contribution in [0.25, 0.3) is 0 Å². The van der Waals surface area contributed by atoms with Gasteiger partial charge < -0.3 is 89.6 Å². The van der Waals surface area contributed by atoms with Gasteiger partial charge in [0.1, 0.15) is 23.3 Å². The third-order valence-electron chi connectivity index (χ3n) is 20.6. The highest BCUT2D eigenvalue weighted by Crippen LogP contribution is 2.39. The first-order valence-corrected chi connectivity index (χ1v) is 40.2. The number of carboxylic acid groups (broad SMARTS) is 1. The fourth-order valence-electron chi connectivity index (χ4n) is 14.4. The maximum atomic E-state index is 13.9. The van der Waals surface area contributed by atoms with Gasteiger partial charge in [-0.3, -0.25) is 19.2 Å². The van der Waals surface area contributed by atoms with Gasteiger partial charge in [0.2, 0.25) is 53.2 Å². The van der Waals surface area contributed by atoms with Gasteiger partial charge in [-0.2, -0.15) is 52.7 Å². The number of imidazole rings is 4. The van der Waals surface area contributed by atoms with Crippen LogP contribution < -0.4 is 22.9 Å². The molecule has 742 valence electrons. The number of hydrogen-bond donors (Lipinski definition) is 5. The molecule has 31 nitrogen and oxygen atoms in total. The number of carbonyl (C=O) groups is 9. The largest absolute Gasteiger partial charge is 0.511 e. The van der Waals surface area contributed by atoms with Gasteiger partial charge in [-0.25, -0.2) is 96.6 Å². The number of nitrogens with zero attached hydrogens (tertiary/aromatic N) is 12. The number of rotatable bonds is 24. The van der Waals surface area contributed by atoms with E-state index >= 15 is 0 Å². The number of methoxy groups -OCH3 is 1. The van der Waals surface area contributed by atoms with Crippen LogP contribution in [-0.4, -0.2) is 193 Å². The Kier molecular flexibility index (Phi) is 34.3. The van der Waals surface area contributed by atoms with Crippen LogP contribution in [0.4, 0.5) is 110 Å². The number of alkyl halides is 12. The minimum atomic E-state index is -4.94. The Morgan fingerprint density at radius 2 is 0.588 bits per heavy atom. The van der Waals surface area contributed by atoms with Crippen molar-refractivity contribution >= 4 is 53.7 Å². The lowest BCUT2D eigenvalue weighted by atomic mass is 10.0. The van der Waals surface area contributed by atoms with Crippen molar-refractivity contribution in [2.24, 2.45) is 22.9 Å². The number of hydrogen-bond acceptors (Lipinski definition) is 22. The number of esters is 3. The Morgan fingerprint density at radius 3 is 0.824 bits per heavy atom. The van der Waals surface area contributed by atoms with Crippen LogP contribution >= 0.6 is 0 Å².